The van der Waals surface area contributed by atoms with Crippen molar-refractivity contribution >= 4 is 68.3 Å². The summed E-state index contributed by atoms with van der Waals surface area (Å²) >= 11 is 3.42. The van der Waals surface area contributed by atoms with Crippen LogP contribution in [0.25, 0.3) is 5.57 Å². The largest absolute Gasteiger partial charge is 0.355 e. The third-order valence-corrected chi connectivity index (χ3v) is 12.1. The van der Waals surface area contributed by atoms with Crippen molar-refractivity contribution in [3.63, 3.8) is 0 Å². The molecule has 2 aliphatic rings. The molecule has 2 aliphatic heterocycles. The zero-order valence-electron chi connectivity index (χ0n) is 28.2. The van der Waals surface area contributed by atoms with Gasteiger partial charge in [0.05, 0.1) is 12.9 Å². The summed E-state index contributed by atoms with van der Waals surface area (Å²) in [5.41, 5.74) is 6.89. The van der Waals surface area contributed by atoms with E-state index < -0.39 is 10.1 Å². The molecule has 264 valence electrons. The van der Waals surface area contributed by atoms with Crippen LogP contribution in [0.1, 0.15) is 48.8 Å². The molecule has 3 aromatic rings. The van der Waals surface area contributed by atoms with E-state index in [0.717, 1.165) is 46.8 Å². The Morgan fingerprint density at radius 2 is 1.42 bits per heavy atom. The van der Waals surface area contributed by atoms with Crippen LogP contribution in [0.5, 0.6) is 0 Å². The van der Waals surface area contributed by atoms with Crippen molar-refractivity contribution in [2.45, 2.75) is 38.6 Å². The molecule has 0 radical (unpaired) electrons. The van der Waals surface area contributed by atoms with E-state index in [1.54, 1.807) is 23.5 Å². The number of thioether (sulfide) groups is 2. The quantitative estimate of drug-likeness (QED) is 0.0835. The summed E-state index contributed by atoms with van der Waals surface area (Å²) < 4.78 is 28.7. The Bertz CT molecular complexity index is 1760. The summed E-state index contributed by atoms with van der Waals surface area (Å²) in [5.74, 6) is 1.44. The number of carbonyl (C=O) groups is 3. The van der Waals surface area contributed by atoms with Crippen molar-refractivity contribution < 1.29 is 27.0 Å². The van der Waals surface area contributed by atoms with E-state index in [1.165, 1.54) is 34.6 Å². The maximum absolute atomic E-state index is 12.5. The van der Waals surface area contributed by atoms with Crippen molar-refractivity contribution in [2.24, 2.45) is 0 Å². The number of anilines is 2. The van der Waals surface area contributed by atoms with Gasteiger partial charge in [-0.15, -0.1) is 11.8 Å². The lowest BCUT2D eigenvalue weighted by Crippen LogP contribution is -2.30. The summed E-state index contributed by atoms with van der Waals surface area (Å²) in [6.07, 6.45) is 5.55. The fourth-order valence-electron chi connectivity index (χ4n) is 5.95. The van der Waals surface area contributed by atoms with Crippen LogP contribution < -0.4 is 10.2 Å². The third-order valence-electron chi connectivity index (χ3n) is 8.45. The van der Waals surface area contributed by atoms with E-state index in [1.807, 2.05) is 6.07 Å². The molecule has 0 bridgehead atoms. The smallest absolute Gasteiger partial charge is 0.267 e. The first-order chi connectivity index (χ1) is 24.3. The Kier molecular flexibility index (Phi) is 13.8. The number of para-hydroxylation sites is 2. The minimum Gasteiger partial charge on any atom is -0.355 e. The Hall–Kier alpha value is -3.84. The lowest BCUT2D eigenvalue weighted by atomic mass is 9.89. The molecular weight excluding hydrogens is 691 g/mol. The minimum absolute atomic E-state index is 0.0125. The van der Waals surface area contributed by atoms with Gasteiger partial charge in [0, 0.05) is 82.7 Å². The highest BCUT2D eigenvalue weighted by atomic mass is 32.2. The lowest BCUT2D eigenvalue weighted by Gasteiger charge is -2.36. The van der Waals surface area contributed by atoms with Crippen molar-refractivity contribution in [3.05, 3.63) is 113 Å². The molecule has 2 heterocycles. The number of hydrogen-bond acceptors (Lipinski definition) is 9. The number of fused-ring (bicyclic) bond motifs is 2. The fraction of sp³-hybridized carbons (Fsp3) is 0.342. The van der Waals surface area contributed by atoms with E-state index in [9.17, 15) is 22.8 Å². The van der Waals surface area contributed by atoms with Gasteiger partial charge in [-0.3, -0.25) is 23.5 Å². The van der Waals surface area contributed by atoms with Crippen molar-refractivity contribution in [2.75, 3.05) is 48.1 Å². The normalized spacial score (nSPS) is 13.8. The molecule has 9 nitrogen and oxygen atoms in total. The zero-order valence-corrected chi connectivity index (χ0v) is 30.7. The molecule has 0 aromatic heterocycles. The van der Waals surface area contributed by atoms with Gasteiger partial charge in [0.2, 0.25) is 5.91 Å². The van der Waals surface area contributed by atoms with Crippen molar-refractivity contribution in [1.82, 2.24) is 10.2 Å². The molecule has 0 atom stereocenters. The molecule has 0 saturated carbocycles. The van der Waals surface area contributed by atoms with Gasteiger partial charge in [-0.25, -0.2) is 0 Å². The van der Waals surface area contributed by atoms with E-state index in [0.29, 0.717) is 50.3 Å². The highest BCUT2D eigenvalue weighted by molar-refractivity contribution is 8.06. The number of rotatable bonds is 19. The van der Waals surface area contributed by atoms with Gasteiger partial charge in [-0.2, -0.15) is 20.2 Å². The molecule has 0 saturated heterocycles. The number of imide groups is 1. The van der Waals surface area contributed by atoms with Gasteiger partial charge in [0.25, 0.3) is 21.9 Å². The van der Waals surface area contributed by atoms with Crippen LogP contribution >= 0.6 is 23.5 Å². The van der Waals surface area contributed by atoms with Crippen LogP contribution in [-0.4, -0.2) is 74.2 Å². The Morgan fingerprint density at radius 1 is 0.780 bits per heavy atom. The summed E-state index contributed by atoms with van der Waals surface area (Å²) in [6, 6.07) is 27.3. The second kappa shape index (κ2) is 18.4. The van der Waals surface area contributed by atoms with Crippen LogP contribution in [0.4, 0.5) is 11.4 Å². The van der Waals surface area contributed by atoms with E-state index >= 15 is 0 Å². The fourth-order valence-corrected chi connectivity index (χ4v) is 9.00. The lowest BCUT2D eigenvalue weighted by molar-refractivity contribution is -0.137. The first-order valence-corrected chi connectivity index (χ1v) is 20.5. The molecule has 0 fully saturated rings. The second-order valence-electron chi connectivity index (χ2n) is 11.9. The number of unbranched alkanes of at least 4 members (excludes halogenated alkanes) is 2. The SMILES string of the molecule is COS(=O)(=O)CCCSC(CSCCNC(=O)CCCCCN1C(=O)C=CC1=O)=C1c2ccccc2N(Cc2ccccc2)c2ccccc21. The summed E-state index contributed by atoms with van der Waals surface area (Å²) in [5, 5.41) is 3.02. The van der Waals surface area contributed by atoms with E-state index in [4.69, 9.17) is 0 Å². The van der Waals surface area contributed by atoms with Crippen LogP contribution in [0.3, 0.4) is 0 Å². The molecule has 0 spiro atoms. The summed E-state index contributed by atoms with van der Waals surface area (Å²) in [6.45, 7) is 1.63. The number of benzene rings is 3. The average molecular weight is 734 g/mol. The topological polar surface area (TPSA) is 113 Å². The van der Waals surface area contributed by atoms with E-state index in [2.05, 4.69) is 87.2 Å². The monoisotopic (exact) mass is 733 g/mol. The Balaban J connectivity index is 1.24. The van der Waals surface area contributed by atoms with Gasteiger partial charge in [0.15, 0.2) is 0 Å². The number of carbonyl (C=O) groups excluding carboxylic acids is 3. The van der Waals surface area contributed by atoms with Crippen LogP contribution in [-0.2, 0) is 35.2 Å². The number of hydrogen-bond donors (Lipinski definition) is 1. The molecule has 0 aliphatic carbocycles. The molecule has 3 aromatic carbocycles. The second-order valence-corrected chi connectivity index (χ2v) is 16.1. The van der Waals surface area contributed by atoms with Gasteiger partial charge < -0.3 is 10.2 Å². The highest BCUT2D eigenvalue weighted by Crippen LogP contribution is 2.48. The number of nitrogens with one attached hydrogen (secondary N) is 1. The van der Waals surface area contributed by atoms with Crippen LogP contribution in [0.15, 0.2) is 95.9 Å². The summed E-state index contributed by atoms with van der Waals surface area (Å²) in [7, 11) is -2.34. The maximum atomic E-state index is 12.5. The van der Waals surface area contributed by atoms with Crippen LogP contribution in [0.2, 0.25) is 0 Å². The molecule has 5 rings (SSSR count). The Morgan fingerprint density at radius 3 is 2.08 bits per heavy atom. The predicted molar refractivity (Wildman–Crippen MR) is 204 cm³/mol. The van der Waals surface area contributed by atoms with Crippen molar-refractivity contribution in [1.29, 1.82) is 0 Å². The number of nitrogens with zero attached hydrogens (tertiary/aromatic N) is 2. The van der Waals surface area contributed by atoms with Gasteiger partial charge in [-0.05, 0) is 42.7 Å². The maximum Gasteiger partial charge on any atom is 0.267 e. The van der Waals surface area contributed by atoms with Gasteiger partial charge in [-0.1, -0.05) is 73.2 Å². The molecular formula is C38H43N3O6S3. The molecule has 3 amide bonds. The minimum atomic E-state index is -3.54. The molecule has 50 heavy (non-hydrogen) atoms. The molecule has 0 unspecified atom stereocenters. The first kappa shape index (κ1) is 37.4. The highest BCUT2D eigenvalue weighted by Gasteiger charge is 2.28. The standard InChI is InChI=1S/C38H43N3O6S3/c1-47-50(45,46)26-12-24-49-34(28-48-25-22-39-35(42)19-6-3-11-23-40-36(43)20-21-37(40)44)38-30-15-7-9-17-32(30)41(27-29-13-4-2-5-14-29)33-18-10-8-16-31(33)38/h2,4-5,7-10,13-18,20-21H,3,6,11-12,19,22-28H2,1H3,(H,39,42). The molecule has 12 heteroatoms. The zero-order chi connectivity index (χ0) is 35.3. The summed E-state index contributed by atoms with van der Waals surface area (Å²) in [4.78, 5) is 40.6. The van der Waals surface area contributed by atoms with Gasteiger partial charge in [0.1, 0.15) is 0 Å². The van der Waals surface area contributed by atoms with Gasteiger partial charge >= 0.3 is 0 Å². The third kappa shape index (κ3) is 10.1. The number of amides is 3. The Labute approximate surface area is 303 Å². The predicted octanol–water partition coefficient (Wildman–Crippen LogP) is 6.53. The average Bonchev–Trinajstić information content (AvgIpc) is 3.45. The van der Waals surface area contributed by atoms with Crippen molar-refractivity contribution in [3.8, 4) is 0 Å². The van der Waals surface area contributed by atoms with Crippen LogP contribution in [0, 0.1) is 0 Å². The van der Waals surface area contributed by atoms with E-state index in [-0.39, 0.29) is 23.5 Å². The molecule has 1 N–H and O–H groups in total. The first-order valence-electron chi connectivity index (χ1n) is 16.8.